The van der Waals surface area contributed by atoms with Gasteiger partial charge in [-0.05, 0) is 17.2 Å². The lowest BCUT2D eigenvalue weighted by molar-refractivity contribution is -0.677. The smallest absolute Gasteiger partial charge is 0.364 e. The number of nitrogens with one attached hydrogen (secondary N) is 1. The molecule has 1 aliphatic heterocycles. The lowest BCUT2D eigenvalue weighted by Gasteiger charge is -2.17. The summed E-state index contributed by atoms with van der Waals surface area (Å²) < 4.78 is 5.09. The number of hydrogen-bond acceptors (Lipinski definition) is 2. The van der Waals surface area contributed by atoms with Crippen molar-refractivity contribution in [3.8, 4) is 0 Å². The van der Waals surface area contributed by atoms with Crippen molar-refractivity contribution in [2.45, 2.75) is 18.4 Å². The van der Waals surface area contributed by atoms with Crippen LogP contribution in [0.4, 0.5) is 0 Å². The number of quaternary nitrogens is 1. The molecular formula is C20H21N2O2+. The molecule has 2 heterocycles. The van der Waals surface area contributed by atoms with E-state index in [0.29, 0.717) is 6.61 Å². The van der Waals surface area contributed by atoms with Crippen LogP contribution in [0.1, 0.15) is 23.5 Å². The van der Waals surface area contributed by atoms with E-state index in [9.17, 15) is 4.79 Å². The minimum atomic E-state index is -0.0826. The van der Waals surface area contributed by atoms with Crippen molar-refractivity contribution in [3.05, 3.63) is 71.9 Å². The fraction of sp³-hybridized carbons (Fsp3) is 0.250. The van der Waals surface area contributed by atoms with Crippen LogP contribution in [0.25, 0.3) is 10.9 Å². The van der Waals surface area contributed by atoms with Gasteiger partial charge in [0.15, 0.2) is 6.04 Å². The predicted octanol–water partition coefficient (Wildman–Crippen LogP) is 2.18. The normalized spacial score (nSPS) is 18.7. The van der Waals surface area contributed by atoms with E-state index < -0.39 is 0 Å². The number of hydrogen-bond donors (Lipinski definition) is 2. The van der Waals surface area contributed by atoms with Gasteiger partial charge in [-0.2, -0.15) is 0 Å². The van der Waals surface area contributed by atoms with Crippen molar-refractivity contribution in [2.24, 2.45) is 0 Å². The summed E-state index contributed by atoms with van der Waals surface area (Å²) in [5.41, 5.74) is 3.69. The summed E-state index contributed by atoms with van der Waals surface area (Å²) in [6.07, 6.45) is 2.90. The molecule has 2 atom stereocenters. The van der Waals surface area contributed by atoms with Gasteiger partial charge in [0.1, 0.15) is 0 Å². The summed E-state index contributed by atoms with van der Waals surface area (Å²) in [7, 11) is 0. The van der Waals surface area contributed by atoms with Crippen LogP contribution in [0.3, 0.4) is 0 Å². The zero-order valence-corrected chi connectivity index (χ0v) is 13.4. The molecule has 1 saturated heterocycles. The SMILES string of the molecule is O=C1OCC[C@H]1[NH2+]C[C@H](c1ccccc1)c1c[nH]c2ccccc12. The molecule has 1 fully saturated rings. The lowest BCUT2D eigenvalue weighted by Crippen LogP contribution is -2.92. The predicted molar refractivity (Wildman–Crippen MR) is 92.7 cm³/mol. The first-order valence-corrected chi connectivity index (χ1v) is 8.44. The molecule has 0 spiro atoms. The second kappa shape index (κ2) is 6.49. The second-order valence-corrected chi connectivity index (χ2v) is 6.29. The number of aromatic nitrogens is 1. The quantitative estimate of drug-likeness (QED) is 0.708. The molecule has 1 aromatic heterocycles. The highest BCUT2D eigenvalue weighted by Crippen LogP contribution is 2.29. The molecule has 0 unspecified atom stereocenters. The molecule has 122 valence electrons. The molecule has 24 heavy (non-hydrogen) atoms. The van der Waals surface area contributed by atoms with Crippen molar-refractivity contribution < 1.29 is 14.8 Å². The number of fused-ring (bicyclic) bond motifs is 1. The number of esters is 1. The number of ether oxygens (including phenoxy) is 1. The summed E-state index contributed by atoms with van der Waals surface area (Å²) in [5.74, 6) is 0.150. The molecule has 3 N–H and O–H groups in total. The molecule has 4 rings (SSSR count). The molecule has 0 radical (unpaired) electrons. The number of para-hydroxylation sites is 1. The average molecular weight is 321 g/mol. The Balaban J connectivity index is 1.67. The van der Waals surface area contributed by atoms with Crippen LogP contribution in [0, 0.1) is 0 Å². The highest BCUT2D eigenvalue weighted by molar-refractivity contribution is 5.84. The number of rotatable bonds is 5. The Hall–Kier alpha value is -2.59. The first-order valence-electron chi connectivity index (χ1n) is 8.44. The zero-order chi connectivity index (χ0) is 16.4. The fourth-order valence-corrected chi connectivity index (χ4v) is 3.54. The van der Waals surface area contributed by atoms with Gasteiger partial charge < -0.3 is 15.0 Å². The number of cyclic esters (lactones) is 1. The van der Waals surface area contributed by atoms with Crippen LogP contribution < -0.4 is 5.32 Å². The van der Waals surface area contributed by atoms with Crippen LogP contribution in [0.15, 0.2) is 60.8 Å². The van der Waals surface area contributed by atoms with Crippen molar-refractivity contribution in [1.29, 1.82) is 0 Å². The molecule has 0 bridgehead atoms. The topological polar surface area (TPSA) is 58.7 Å². The number of carbonyl (C=O) groups excluding carboxylic acids is 1. The van der Waals surface area contributed by atoms with Crippen LogP contribution in [-0.4, -0.2) is 30.1 Å². The van der Waals surface area contributed by atoms with E-state index in [4.69, 9.17) is 4.74 Å². The molecular weight excluding hydrogens is 300 g/mol. The molecule has 0 aliphatic carbocycles. The van der Waals surface area contributed by atoms with Crippen LogP contribution in [0.5, 0.6) is 0 Å². The fourth-order valence-electron chi connectivity index (χ4n) is 3.54. The van der Waals surface area contributed by atoms with E-state index in [2.05, 4.69) is 59.0 Å². The molecule has 1 aliphatic rings. The first kappa shape index (κ1) is 15.0. The third-order valence-electron chi connectivity index (χ3n) is 4.83. The van der Waals surface area contributed by atoms with Crippen molar-refractivity contribution in [3.63, 3.8) is 0 Å². The van der Waals surface area contributed by atoms with Gasteiger partial charge in [-0.15, -0.1) is 0 Å². The average Bonchev–Trinajstić information content (AvgIpc) is 3.23. The van der Waals surface area contributed by atoms with Gasteiger partial charge in [-0.25, -0.2) is 4.79 Å². The monoisotopic (exact) mass is 321 g/mol. The van der Waals surface area contributed by atoms with Gasteiger partial charge in [-0.1, -0.05) is 48.5 Å². The number of carbonyl (C=O) groups is 1. The highest BCUT2D eigenvalue weighted by atomic mass is 16.5. The lowest BCUT2D eigenvalue weighted by atomic mass is 9.90. The third kappa shape index (κ3) is 2.81. The molecule has 4 nitrogen and oxygen atoms in total. The Morgan fingerprint density at radius 1 is 1.12 bits per heavy atom. The minimum absolute atomic E-state index is 0.0681. The Morgan fingerprint density at radius 3 is 2.71 bits per heavy atom. The van der Waals surface area contributed by atoms with E-state index in [1.165, 1.54) is 16.5 Å². The standard InChI is InChI=1S/C20H20N2O2/c23-20-19(10-11-24-20)22-12-16(14-6-2-1-3-7-14)17-13-21-18-9-5-4-8-15(17)18/h1-9,13,16,19,21-22H,10-12H2/p+1/t16-,19-/m1/s1. The summed E-state index contributed by atoms with van der Waals surface area (Å²) in [6, 6.07) is 18.8. The van der Waals surface area contributed by atoms with Crippen molar-refractivity contribution in [1.82, 2.24) is 4.98 Å². The summed E-state index contributed by atoms with van der Waals surface area (Å²) in [6.45, 7) is 1.37. The van der Waals surface area contributed by atoms with E-state index in [1.54, 1.807) is 0 Å². The minimum Gasteiger partial charge on any atom is -0.461 e. The number of nitrogens with two attached hydrogens (primary N) is 1. The number of aromatic amines is 1. The Kier molecular flexibility index (Phi) is 4.05. The Morgan fingerprint density at radius 2 is 1.92 bits per heavy atom. The molecule has 0 amide bonds. The van der Waals surface area contributed by atoms with Crippen molar-refractivity contribution in [2.75, 3.05) is 13.2 Å². The number of H-pyrrole nitrogens is 1. The van der Waals surface area contributed by atoms with Gasteiger partial charge in [0.25, 0.3) is 0 Å². The summed E-state index contributed by atoms with van der Waals surface area (Å²) >= 11 is 0. The van der Waals surface area contributed by atoms with Gasteiger partial charge in [0.05, 0.1) is 19.1 Å². The maximum Gasteiger partial charge on any atom is 0.364 e. The maximum absolute atomic E-state index is 11.8. The van der Waals surface area contributed by atoms with Crippen LogP contribution in [0.2, 0.25) is 0 Å². The second-order valence-electron chi connectivity index (χ2n) is 6.29. The summed E-state index contributed by atoms with van der Waals surface area (Å²) in [4.78, 5) is 15.1. The van der Waals surface area contributed by atoms with Gasteiger partial charge in [-0.3, -0.25) is 0 Å². The molecule has 4 heteroatoms. The maximum atomic E-state index is 11.8. The van der Waals surface area contributed by atoms with E-state index >= 15 is 0 Å². The van der Waals surface area contributed by atoms with Crippen LogP contribution in [-0.2, 0) is 9.53 Å². The largest absolute Gasteiger partial charge is 0.461 e. The van der Waals surface area contributed by atoms with Gasteiger partial charge in [0.2, 0.25) is 0 Å². The zero-order valence-electron chi connectivity index (χ0n) is 13.4. The first-order chi connectivity index (χ1) is 11.8. The molecule has 3 aromatic rings. The molecule has 2 aromatic carbocycles. The van der Waals surface area contributed by atoms with E-state index in [0.717, 1.165) is 18.5 Å². The van der Waals surface area contributed by atoms with Gasteiger partial charge in [0, 0.05) is 23.5 Å². The highest BCUT2D eigenvalue weighted by Gasteiger charge is 2.31. The summed E-state index contributed by atoms with van der Waals surface area (Å²) in [5, 5.41) is 3.38. The van der Waals surface area contributed by atoms with Crippen molar-refractivity contribution >= 4 is 16.9 Å². The molecule has 0 saturated carbocycles. The van der Waals surface area contributed by atoms with E-state index in [1.807, 2.05) is 12.1 Å². The number of benzene rings is 2. The van der Waals surface area contributed by atoms with Gasteiger partial charge >= 0.3 is 5.97 Å². The third-order valence-corrected chi connectivity index (χ3v) is 4.83. The Bertz CT molecular complexity index is 841. The van der Waals surface area contributed by atoms with E-state index in [-0.39, 0.29) is 17.9 Å². The Labute approximate surface area is 140 Å². The van der Waals surface area contributed by atoms with Crippen LogP contribution >= 0.6 is 0 Å².